The van der Waals surface area contributed by atoms with Gasteiger partial charge < -0.3 is 4.74 Å². The number of hydrogen-bond acceptors (Lipinski definition) is 4. The van der Waals surface area contributed by atoms with E-state index in [-0.39, 0.29) is 22.7 Å². The molecule has 0 saturated carbocycles. The highest BCUT2D eigenvalue weighted by molar-refractivity contribution is 7.95. The van der Waals surface area contributed by atoms with Crippen molar-refractivity contribution in [3.63, 3.8) is 0 Å². The molecule has 4 aromatic carbocycles. The van der Waals surface area contributed by atoms with Crippen LogP contribution in [0.1, 0.15) is 54.3 Å². The Hall–Kier alpha value is -4.14. The Bertz CT molecular complexity index is 1410. The number of esters is 1. The van der Waals surface area contributed by atoms with Crippen LogP contribution in [0.2, 0.25) is 0 Å². The molecule has 0 atom stereocenters. The molecule has 5 rings (SSSR count). The Labute approximate surface area is 237 Å². The van der Waals surface area contributed by atoms with Crippen molar-refractivity contribution in [2.45, 2.75) is 33.6 Å². The van der Waals surface area contributed by atoms with Crippen LogP contribution in [-0.4, -0.2) is 23.7 Å². The van der Waals surface area contributed by atoms with Crippen molar-refractivity contribution < 1.29 is 19.1 Å². The first kappa shape index (κ1) is 28.9. The predicted octanol–water partition coefficient (Wildman–Crippen LogP) is 6.68. The number of Topliss-reactive ketones (excluding diaryl/α,β-unsaturated/α-hetero) is 2. The predicted molar refractivity (Wildman–Crippen MR) is 164 cm³/mol. The van der Waals surface area contributed by atoms with Crippen LogP contribution in [0.25, 0.3) is 0 Å². The summed E-state index contributed by atoms with van der Waals surface area (Å²) in [5, 5.41) is 4.44. The molecule has 0 bridgehead atoms. The van der Waals surface area contributed by atoms with E-state index in [0.29, 0.717) is 12.0 Å². The molecule has 0 radical (unpaired) electrons. The maximum Gasteiger partial charge on any atom is 0.308 e. The van der Waals surface area contributed by atoms with Crippen molar-refractivity contribution in [2.75, 3.05) is 6.16 Å². The topological polar surface area (TPSA) is 60.4 Å². The molecule has 202 valence electrons. The molecule has 1 aliphatic carbocycles. The molecule has 0 spiro atoms. The van der Waals surface area contributed by atoms with Gasteiger partial charge in [0.05, 0.1) is 6.16 Å². The summed E-state index contributed by atoms with van der Waals surface area (Å²) < 4.78 is 4.90. The van der Waals surface area contributed by atoms with Crippen molar-refractivity contribution in [3.05, 3.63) is 138 Å². The van der Waals surface area contributed by atoms with Crippen molar-refractivity contribution in [2.24, 2.45) is 0 Å². The Kier molecular flexibility index (Phi) is 9.58. The van der Waals surface area contributed by atoms with Gasteiger partial charge in [0, 0.05) is 23.6 Å². The first-order chi connectivity index (χ1) is 19.4. The molecule has 5 heteroatoms. The Morgan fingerprint density at radius 3 is 1.40 bits per heavy atom. The number of benzene rings is 4. The van der Waals surface area contributed by atoms with Gasteiger partial charge in [-0.15, -0.1) is 0 Å². The summed E-state index contributed by atoms with van der Waals surface area (Å²) >= 11 is 0. The van der Waals surface area contributed by atoms with Gasteiger partial charge in [-0.25, -0.2) is 0 Å². The summed E-state index contributed by atoms with van der Waals surface area (Å²) in [6.45, 7) is 5.25. The Morgan fingerprint density at radius 1 is 0.625 bits per heavy atom. The molecule has 40 heavy (non-hydrogen) atoms. The zero-order valence-corrected chi connectivity index (χ0v) is 24.1. The molecule has 4 nitrogen and oxygen atoms in total. The molecular formula is C35H34O4P+. The number of allylic oxidation sites excluding steroid dienone is 2. The smallest absolute Gasteiger partial charge is 0.308 e. The Balaban J connectivity index is 0.000000189. The lowest BCUT2D eigenvalue weighted by molar-refractivity contribution is -0.136. The molecule has 0 unspecified atom stereocenters. The zero-order chi connectivity index (χ0) is 28.5. The lowest BCUT2D eigenvalue weighted by Crippen LogP contribution is -2.33. The third kappa shape index (κ3) is 5.88. The normalized spacial score (nSPS) is 12.8. The second-order valence-electron chi connectivity index (χ2n) is 9.50. The van der Waals surface area contributed by atoms with E-state index >= 15 is 0 Å². The van der Waals surface area contributed by atoms with Crippen LogP contribution in [0.4, 0.5) is 0 Å². The van der Waals surface area contributed by atoms with Crippen molar-refractivity contribution in [1.29, 1.82) is 0 Å². The maximum absolute atomic E-state index is 12.2. The quantitative estimate of drug-likeness (QED) is 0.191. The highest BCUT2D eigenvalue weighted by Gasteiger charge is 2.44. The van der Waals surface area contributed by atoms with Crippen molar-refractivity contribution in [1.82, 2.24) is 0 Å². The minimum absolute atomic E-state index is 0.131. The van der Waals surface area contributed by atoms with Gasteiger partial charge in [-0.1, -0.05) is 92.7 Å². The number of hydrogen-bond donors (Lipinski definition) is 0. The summed E-state index contributed by atoms with van der Waals surface area (Å²) in [4.78, 5) is 35.4. The standard InChI is InChI=1S/C21H22P.C14H12O4/c1-2-18-22(19-12-6-3-7-13-19,20-14-8-4-9-15-20)21-16-10-5-11-17-21;1-3-9-12(16)10-6-4-5-7-11(10)13(17)14(9)18-8(2)15/h3-17H,2,18H2,1H3;4-7H,3H2,1-2H3/q+1;. The molecule has 4 aromatic rings. The van der Waals surface area contributed by atoms with Gasteiger partial charge in [-0.3, -0.25) is 14.4 Å². The first-order valence-corrected chi connectivity index (χ1v) is 15.6. The summed E-state index contributed by atoms with van der Waals surface area (Å²) in [5.74, 6) is -1.38. The lowest BCUT2D eigenvalue weighted by Gasteiger charge is -2.27. The third-order valence-electron chi connectivity index (χ3n) is 6.92. The van der Waals surface area contributed by atoms with Gasteiger partial charge in [0.15, 0.2) is 11.5 Å². The van der Waals surface area contributed by atoms with Gasteiger partial charge in [0.25, 0.3) is 0 Å². The minimum Gasteiger partial charge on any atom is -0.422 e. The van der Waals surface area contributed by atoms with Gasteiger partial charge in [-0.05, 0) is 49.2 Å². The fourth-order valence-corrected chi connectivity index (χ4v) is 9.58. The molecule has 0 fully saturated rings. The highest BCUT2D eigenvalue weighted by Crippen LogP contribution is 2.55. The summed E-state index contributed by atoms with van der Waals surface area (Å²) in [7, 11) is -1.55. The van der Waals surface area contributed by atoms with Crippen LogP contribution in [0.15, 0.2) is 127 Å². The molecular weight excluding hydrogens is 515 g/mol. The summed E-state index contributed by atoms with van der Waals surface area (Å²) in [5.41, 5.74) is 0.917. The van der Waals surface area contributed by atoms with Gasteiger partial charge in [-0.2, -0.15) is 0 Å². The number of fused-ring (bicyclic) bond motifs is 1. The number of ether oxygens (including phenoxy) is 1. The van der Waals surface area contributed by atoms with E-state index in [1.54, 1.807) is 31.2 Å². The van der Waals surface area contributed by atoms with E-state index in [1.807, 2.05) is 0 Å². The molecule has 0 aromatic heterocycles. The molecule has 0 amide bonds. The van der Waals surface area contributed by atoms with E-state index in [0.717, 1.165) is 0 Å². The molecule has 0 aliphatic heterocycles. The second-order valence-corrected chi connectivity index (χ2v) is 13.1. The van der Waals surface area contributed by atoms with Crippen LogP contribution >= 0.6 is 7.26 Å². The SMILES string of the molecule is CCC1=C(OC(C)=O)C(=O)c2ccccc2C1=O.CCC[P+](c1ccccc1)(c1ccccc1)c1ccccc1. The first-order valence-electron chi connectivity index (χ1n) is 13.6. The lowest BCUT2D eigenvalue weighted by atomic mass is 9.87. The monoisotopic (exact) mass is 549 g/mol. The number of carbonyl (C=O) groups excluding carboxylic acids is 3. The average Bonchev–Trinajstić information content (AvgIpc) is 3.00. The van der Waals surface area contributed by atoms with Crippen LogP contribution < -0.4 is 15.9 Å². The van der Waals surface area contributed by atoms with Gasteiger partial charge >= 0.3 is 5.97 Å². The van der Waals surface area contributed by atoms with Crippen molar-refractivity contribution >= 4 is 40.7 Å². The third-order valence-corrected chi connectivity index (χ3v) is 11.6. The largest absolute Gasteiger partial charge is 0.422 e. The van der Waals surface area contributed by atoms with Crippen LogP contribution in [0, 0.1) is 0 Å². The summed E-state index contributed by atoms with van der Waals surface area (Å²) in [6.07, 6.45) is 2.75. The maximum atomic E-state index is 12.2. The van der Waals surface area contributed by atoms with Crippen LogP contribution in [0.5, 0.6) is 0 Å². The van der Waals surface area contributed by atoms with Gasteiger partial charge in [0.2, 0.25) is 5.78 Å². The van der Waals surface area contributed by atoms with E-state index in [1.165, 1.54) is 35.4 Å². The van der Waals surface area contributed by atoms with E-state index in [4.69, 9.17) is 4.74 Å². The molecule has 1 aliphatic rings. The minimum atomic E-state index is -1.55. The van der Waals surface area contributed by atoms with E-state index in [2.05, 4.69) is 97.9 Å². The van der Waals surface area contributed by atoms with Crippen molar-refractivity contribution in [3.8, 4) is 0 Å². The fraction of sp³-hybridized carbons (Fsp3) is 0.171. The molecule has 0 saturated heterocycles. The second kappa shape index (κ2) is 13.3. The van der Waals surface area contributed by atoms with E-state index in [9.17, 15) is 14.4 Å². The Morgan fingerprint density at radius 2 is 1.02 bits per heavy atom. The highest BCUT2D eigenvalue weighted by atomic mass is 31.2. The van der Waals surface area contributed by atoms with Crippen LogP contribution in [-0.2, 0) is 9.53 Å². The zero-order valence-electron chi connectivity index (χ0n) is 23.2. The van der Waals surface area contributed by atoms with E-state index < -0.39 is 19.0 Å². The van der Waals surface area contributed by atoms with Gasteiger partial charge in [0.1, 0.15) is 23.2 Å². The molecule has 0 heterocycles. The number of rotatable bonds is 7. The summed E-state index contributed by atoms with van der Waals surface area (Å²) in [6, 6.07) is 39.8. The average molecular weight is 550 g/mol. The molecule has 0 N–H and O–H groups in total. The number of carbonyl (C=O) groups is 3. The van der Waals surface area contributed by atoms with Crippen LogP contribution in [0.3, 0.4) is 0 Å². The fourth-order valence-electron chi connectivity index (χ4n) is 5.19. The number of ketones is 2.